The average Bonchev–Trinajstić information content (AvgIpc) is 3.15. The summed E-state index contributed by atoms with van der Waals surface area (Å²) in [5.74, 6) is -0.134. The van der Waals surface area contributed by atoms with Crippen LogP contribution in [0.3, 0.4) is 0 Å². The van der Waals surface area contributed by atoms with Crippen LogP contribution in [0.25, 0.3) is 15.9 Å². The third-order valence-corrected chi connectivity index (χ3v) is 5.07. The molecule has 0 aliphatic rings. The van der Waals surface area contributed by atoms with Crippen molar-refractivity contribution in [1.29, 1.82) is 0 Å². The third-order valence-electron chi connectivity index (χ3n) is 4.14. The molecule has 2 aromatic carbocycles. The van der Waals surface area contributed by atoms with Gasteiger partial charge in [0.05, 0.1) is 26.6 Å². The van der Waals surface area contributed by atoms with Crippen LogP contribution in [-0.4, -0.2) is 20.7 Å². The first-order valence-electron chi connectivity index (χ1n) is 8.32. The number of nitrogens with one attached hydrogen (secondary N) is 1. The fourth-order valence-electron chi connectivity index (χ4n) is 2.97. The van der Waals surface area contributed by atoms with Crippen molar-refractivity contribution >= 4 is 33.1 Å². The molecule has 0 fully saturated rings. The van der Waals surface area contributed by atoms with Crippen LogP contribution in [0.1, 0.15) is 26.8 Å². The molecule has 0 saturated carbocycles. The zero-order valence-electron chi connectivity index (χ0n) is 14.8. The summed E-state index contributed by atoms with van der Waals surface area (Å²) in [6.45, 7) is 5.96. The summed E-state index contributed by atoms with van der Waals surface area (Å²) >= 11 is 1.62. The van der Waals surface area contributed by atoms with Gasteiger partial charge in [-0.15, -0.1) is 11.3 Å². The van der Waals surface area contributed by atoms with Gasteiger partial charge in [-0.1, -0.05) is 0 Å². The number of benzene rings is 2. The van der Waals surface area contributed by atoms with Crippen LogP contribution in [0.4, 0.5) is 5.69 Å². The highest BCUT2D eigenvalue weighted by Gasteiger charge is 2.09. The lowest BCUT2D eigenvalue weighted by molar-refractivity contribution is 0.102. The lowest BCUT2D eigenvalue weighted by Crippen LogP contribution is -2.12. The quantitative estimate of drug-likeness (QED) is 0.577. The fraction of sp³-hybridized carbons (Fsp3) is 0.150. The average molecular weight is 362 g/mol. The molecule has 4 aromatic rings. The van der Waals surface area contributed by atoms with E-state index in [9.17, 15) is 4.79 Å². The number of fused-ring (bicyclic) bond motifs is 1. The second-order valence-electron chi connectivity index (χ2n) is 6.26. The normalized spacial score (nSPS) is 11.0. The maximum Gasteiger partial charge on any atom is 0.255 e. The molecule has 0 saturated heterocycles. The number of hydrogen-bond acceptors (Lipinski definition) is 4. The number of nitrogens with zero attached hydrogens (tertiary/aromatic N) is 3. The standard InChI is InChI=1S/C20H18N4OS/c1-12-10-13(2)24(23-12)17-7-4-15(5-8-17)20(25)22-16-6-9-18-19(11-16)26-14(3)21-18/h4-11H,1-3H3,(H,22,25). The van der Waals surface area contributed by atoms with Crippen LogP contribution in [0, 0.1) is 20.8 Å². The summed E-state index contributed by atoms with van der Waals surface area (Å²) < 4.78 is 2.94. The number of aromatic nitrogens is 3. The number of rotatable bonds is 3. The minimum absolute atomic E-state index is 0.134. The minimum Gasteiger partial charge on any atom is -0.322 e. The van der Waals surface area contributed by atoms with Gasteiger partial charge in [0, 0.05) is 16.9 Å². The molecule has 0 spiro atoms. The van der Waals surface area contributed by atoms with Crippen LogP contribution in [0.2, 0.25) is 0 Å². The molecule has 0 radical (unpaired) electrons. The highest BCUT2D eigenvalue weighted by atomic mass is 32.1. The molecule has 2 aromatic heterocycles. The van der Waals surface area contributed by atoms with E-state index in [-0.39, 0.29) is 5.91 Å². The number of carbonyl (C=O) groups is 1. The zero-order valence-corrected chi connectivity index (χ0v) is 15.6. The highest BCUT2D eigenvalue weighted by Crippen LogP contribution is 2.25. The SMILES string of the molecule is Cc1cc(C)n(-c2ccc(C(=O)Nc3ccc4nc(C)sc4c3)cc2)n1. The predicted molar refractivity (Wildman–Crippen MR) is 105 cm³/mol. The van der Waals surface area contributed by atoms with E-state index in [1.807, 2.05) is 74.0 Å². The van der Waals surface area contributed by atoms with E-state index in [0.717, 1.165) is 38.0 Å². The number of carbonyl (C=O) groups excluding carboxylic acids is 1. The van der Waals surface area contributed by atoms with Crippen molar-refractivity contribution in [3.63, 3.8) is 0 Å². The van der Waals surface area contributed by atoms with Gasteiger partial charge in [-0.2, -0.15) is 5.10 Å². The molecule has 0 bridgehead atoms. The Morgan fingerprint density at radius 2 is 1.81 bits per heavy atom. The van der Waals surface area contributed by atoms with Gasteiger partial charge in [-0.05, 0) is 69.3 Å². The number of amides is 1. The Bertz CT molecular complexity index is 1110. The van der Waals surface area contributed by atoms with Gasteiger partial charge in [0.1, 0.15) is 0 Å². The summed E-state index contributed by atoms with van der Waals surface area (Å²) in [7, 11) is 0. The maximum atomic E-state index is 12.5. The number of aryl methyl sites for hydroxylation is 3. The van der Waals surface area contributed by atoms with Gasteiger partial charge in [-0.25, -0.2) is 9.67 Å². The molecular weight excluding hydrogens is 344 g/mol. The second kappa shape index (κ2) is 6.38. The molecule has 0 aliphatic carbocycles. The van der Waals surface area contributed by atoms with Crippen molar-refractivity contribution in [1.82, 2.24) is 14.8 Å². The third kappa shape index (κ3) is 3.11. The van der Waals surface area contributed by atoms with Crippen LogP contribution < -0.4 is 5.32 Å². The fourth-order valence-corrected chi connectivity index (χ4v) is 3.83. The molecule has 6 heteroatoms. The van der Waals surface area contributed by atoms with Crippen molar-refractivity contribution in [2.24, 2.45) is 0 Å². The molecule has 2 heterocycles. The van der Waals surface area contributed by atoms with Crippen molar-refractivity contribution in [3.05, 3.63) is 70.5 Å². The summed E-state index contributed by atoms with van der Waals surface area (Å²) in [4.78, 5) is 17.0. The molecule has 26 heavy (non-hydrogen) atoms. The molecule has 1 N–H and O–H groups in total. The molecule has 4 rings (SSSR count). The largest absolute Gasteiger partial charge is 0.322 e. The Balaban J connectivity index is 1.54. The summed E-state index contributed by atoms with van der Waals surface area (Å²) in [5.41, 5.74) is 5.31. The van der Waals surface area contributed by atoms with Gasteiger partial charge in [-0.3, -0.25) is 4.79 Å². The van der Waals surface area contributed by atoms with Crippen molar-refractivity contribution in [3.8, 4) is 5.69 Å². The van der Waals surface area contributed by atoms with E-state index >= 15 is 0 Å². The van der Waals surface area contributed by atoms with E-state index in [1.54, 1.807) is 11.3 Å². The molecule has 0 atom stereocenters. The van der Waals surface area contributed by atoms with E-state index in [0.29, 0.717) is 5.56 Å². The zero-order chi connectivity index (χ0) is 18.3. The van der Waals surface area contributed by atoms with Crippen molar-refractivity contribution < 1.29 is 4.79 Å². The molecule has 130 valence electrons. The number of hydrogen-bond donors (Lipinski definition) is 1. The number of anilines is 1. The lowest BCUT2D eigenvalue weighted by Gasteiger charge is -2.07. The lowest BCUT2D eigenvalue weighted by atomic mass is 10.2. The van der Waals surface area contributed by atoms with E-state index in [4.69, 9.17) is 0 Å². The second-order valence-corrected chi connectivity index (χ2v) is 7.49. The minimum atomic E-state index is -0.134. The molecule has 0 aliphatic heterocycles. The molecule has 1 amide bonds. The Hall–Kier alpha value is -2.99. The van der Waals surface area contributed by atoms with E-state index < -0.39 is 0 Å². The van der Waals surface area contributed by atoms with E-state index in [2.05, 4.69) is 15.4 Å². The molecular formula is C20H18N4OS. The van der Waals surface area contributed by atoms with Gasteiger partial charge in [0.2, 0.25) is 0 Å². The Labute approximate surface area is 155 Å². The maximum absolute atomic E-state index is 12.5. The Morgan fingerprint density at radius 1 is 1.04 bits per heavy atom. The van der Waals surface area contributed by atoms with Gasteiger partial charge in [0.15, 0.2) is 0 Å². The van der Waals surface area contributed by atoms with Crippen LogP contribution in [0.15, 0.2) is 48.5 Å². The summed E-state index contributed by atoms with van der Waals surface area (Å²) in [6, 6.07) is 15.2. The summed E-state index contributed by atoms with van der Waals surface area (Å²) in [6.07, 6.45) is 0. The van der Waals surface area contributed by atoms with Gasteiger partial charge >= 0.3 is 0 Å². The van der Waals surface area contributed by atoms with Gasteiger partial charge < -0.3 is 5.32 Å². The monoisotopic (exact) mass is 362 g/mol. The summed E-state index contributed by atoms with van der Waals surface area (Å²) in [5, 5.41) is 8.43. The van der Waals surface area contributed by atoms with Gasteiger partial charge in [0.25, 0.3) is 5.91 Å². The first-order valence-corrected chi connectivity index (χ1v) is 9.13. The van der Waals surface area contributed by atoms with Crippen LogP contribution in [-0.2, 0) is 0 Å². The number of thiazole rings is 1. The first-order chi connectivity index (χ1) is 12.5. The highest BCUT2D eigenvalue weighted by molar-refractivity contribution is 7.18. The predicted octanol–water partition coefficient (Wildman–Crippen LogP) is 4.66. The molecule has 0 unspecified atom stereocenters. The van der Waals surface area contributed by atoms with Crippen LogP contribution >= 0.6 is 11.3 Å². The first kappa shape index (κ1) is 16.5. The van der Waals surface area contributed by atoms with Crippen molar-refractivity contribution in [2.45, 2.75) is 20.8 Å². The van der Waals surface area contributed by atoms with Crippen LogP contribution in [0.5, 0.6) is 0 Å². The Morgan fingerprint density at radius 3 is 2.50 bits per heavy atom. The Kier molecular flexibility index (Phi) is 4.05. The van der Waals surface area contributed by atoms with E-state index in [1.165, 1.54) is 0 Å². The smallest absolute Gasteiger partial charge is 0.255 e. The topological polar surface area (TPSA) is 59.8 Å². The van der Waals surface area contributed by atoms with Crippen molar-refractivity contribution in [2.75, 3.05) is 5.32 Å². The molecule has 5 nitrogen and oxygen atoms in total.